The van der Waals surface area contributed by atoms with Crippen LogP contribution in [0.4, 0.5) is 4.39 Å². The molecular weight excluding hydrogens is 407 g/mol. The van der Waals surface area contributed by atoms with E-state index in [1.807, 2.05) is 30.3 Å². The van der Waals surface area contributed by atoms with Gasteiger partial charge in [-0.25, -0.2) is 9.37 Å². The molecule has 0 bridgehead atoms. The van der Waals surface area contributed by atoms with E-state index in [0.717, 1.165) is 39.2 Å². The highest BCUT2D eigenvalue weighted by molar-refractivity contribution is 6.00. The molecule has 0 saturated heterocycles. The average Bonchev–Trinajstić information content (AvgIpc) is 3.42. The third kappa shape index (κ3) is 2.97. The number of benzene rings is 1. The summed E-state index contributed by atoms with van der Waals surface area (Å²) in [4.78, 5) is 16.4. The Bertz CT molecular complexity index is 1590. The number of nitrogens with one attached hydrogen (secondary N) is 2. The Labute approximate surface area is 180 Å². The summed E-state index contributed by atoms with van der Waals surface area (Å²) < 4.78 is 13.9. The fourth-order valence-corrected chi connectivity index (χ4v) is 3.93. The van der Waals surface area contributed by atoms with Gasteiger partial charge in [0.15, 0.2) is 5.65 Å². The Morgan fingerprint density at radius 1 is 0.781 bits per heavy atom. The highest BCUT2D eigenvalue weighted by Gasteiger charge is 2.16. The van der Waals surface area contributed by atoms with Gasteiger partial charge < -0.3 is 10.1 Å². The molecular formula is C24H15FN6O. The molecule has 0 saturated carbocycles. The molecule has 154 valence electrons. The molecule has 0 aliphatic heterocycles. The molecule has 32 heavy (non-hydrogen) atoms. The summed E-state index contributed by atoms with van der Waals surface area (Å²) in [5, 5.41) is 18.9. The van der Waals surface area contributed by atoms with Gasteiger partial charge in [0.05, 0.1) is 11.4 Å². The van der Waals surface area contributed by atoms with E-state index >= 15 is 0 Å². The summed E-state index contributed by atoms with van der Waals surface area (Å²) >= 11 is 0. The van der Waals surface area contributed by atoms with Crippen LogP contribution in [0, 0.1) is 5.82 Å². The van der Waals surface area contributed by atoms with Crippen LogP contribution < -0.4 is 0 Å². The van der Waals surface area contributed by atoms with Crippen molar-refractivity contribution in [3.8, 4) is 39.5 Å². The van der Waals surface area contributed by atoms with Gasteiger partial charge in [-0.2, -0.15) is 5.10 Å². The van der Waals surface area contributed by atoms with Gasteiger partial charge in [-0.1, -0.05) is 0 Å². The van der Waals surface area contributed by atoms with Crippen molar-refractivity contribution in [1.82, 2.24) is 30.1 Å². The maximum atomic E-state index is 13.9. The Morgan fingerprint density at radius 2 is 1.66 bits per heavy atom. The van der Waals surface area contributed by atoms with Crippen molar-refractivity contribution in [2.45, 2.75) is 0 Å². The summed E-state index contributed by atoms with van der Waals surface area (Å²) in [6.07, 6.45) is 6.92. The molecule has 5 heterocycles. The molecule has 5 aromatic heterocycles. The van der Waals surface area contributed by atoms with Gasteiger partial charge in [-0.05, 0) is 48.0 Å². The first kappa shape index (κ1) is 18.2. The number of H-pyrrole nitrogens is 2. The van der Waals surface area contributed by atoms with Crippen molar-refractivity contribution in [2.24, 2.45) is 0 Å². The van der Waals surface area contributed by atoms with Crippen LogP contribution in [-0.2, 0) is 0 Å². The van der Waals surface area contributed by atoms with Gasteiger partial charge in [-0.3, -0.25) is 15.1 Å². The highest BCUT2D eigenvalue weighted by Crippen LogP contribution is 2.34. The first-order chi connectivity index (χ1) is 15.7. The number of halogens is 1. The first-order valence-corrected chi connectivity index (χ1v) is 9.88. The molecule has 0 atom stereocenters. The Kier molecular flexibility index (Phi) is 3.97. The van der Waals surface area contributed by atoms with Crippen molar-refractivity contribution in [2.75, 3.05) is 0 Å². The lowest BCUT2D eigenvalue weighted by molar-refractivity contribution is 0.469. The Morgan fingerprint density at radius 3 is 2.50 bits per heavy atom. The van der Waals surface area contributed by atoms with Gasteiger partial charge >= 0.3 is 0 Å². The topological polar surface area (TPSA) is 103 Å². The maximum Gasteiger partial charge on any atom is 0.155 e. The van der Waals surface area contributed by atoms with Crippen LogP contribution in [0.3, 0.4) is 0 Å². The number of phenolic OH excluding ortho intramolecular Hbond substituents is 1. The average molecular weight is 422 g/mol. The summed E-state index contributed by atoms with van der Waals surface area (Å²) in [6.45, 7) is 0. The van der Waals surface area contributed by atoms with E-state index in [0.29, 0.717) is 22.6 Å². The molecule has 6 rings (SSSR count). The number of hydrogen-bond acceptors (Lipinski definition) is 5. The molecule has 0 radical (unpaired) electrons. The summed E-state index contributed by atoms with van der Waals surface area (Å²) in [5.74, 6) is -0.676. The fraction of sp³-hybridized carbons (Fsp3) is 0. The highest BCUT2D eigenvalue weighted by atomic mass is 19.1. The van der Waals surface area contributed by atoms with Crippen LogP contribution in [0.25, 0.3) is 55.7 Å². The molecule has 3 N–H and O–H groups in total. The molecule has 1 aromatic carbocycles. The molecule has 0 aliphatic rings. The van der Waals surface area contributed by atoms with Gasteiger partial charge in [0.25, 0.3) is 0 Å². The Balaban J connectivity index is 1.52. The van der Waals surface area contributed by atoms with E-state index in [4.69, 9.17) is 0 Å². The van der Waals surface area contributed by atoms with Crippen molar-refractivity contribution in [3.63, 3.8) is 0 Å². The zero-order valence-corrected chi connectivity index (χ0v) is 16.5. The molecule has 6 aromatic rings. The fourth-order valence-electron chi connectivity index (χ4n) is 3.93. The lowest BCUT2D eigenvalue weighted by Gasteiger charge is -2.03. The second-order valence-electron chi connectivity index (χ2n) is 7.43. The van der Waals surface area contributed by atoms with Crippen molar-refractivity contribution in [1.29, 1.82) is 0 Å². The van der Waals surface area contributed by atoms with Crippen LogP contribution in [0.2, 0.25) is 0 Å². The lowest BCUT2D eigenvalue weighted by Crippen LogP contribution is -1.85. The molecule has 0 aliphatic carbocycles. The van der Waals surface area contributed by atoms with E-state index in [1.165, 1.54) is 12.1 Å². The molecule has 0 unspecified atom stereocenters. The number of nitrogens with zero attached hydrogens (tertiary/aromatic N) is 4. The largest absolute Gasteiger partial charge is 0.508 e. The van der Waals surface area contributed by atoms with Gasteiger partial charge in [0, 0.05) is 58.3 Å². The van der Waals surface area contributed by atoms with Gasteiger partial charge in [0.2, 0.25) is 0 Å². The van der Waals surface area contributed by atoms with Crippen molar-refractivity contribution >= 4 is 21.9 Å². The zero-order valence-electron chi connectivity index (χ0n) is 16.5. The number of aromatic amines is 2. The molecule has 0 amide bonds. The van der Waals surface area contributed by atoms with Gasteiger partial charge in [0.1, 0.15) is 17.3 Å². The second kappa shape index (κ2) is 6.98. The SMILES string of the molecule is Oc1cc(F)cc(-c2nccc3[nH]c(-c4n[nH]c5ncc(-c6ccncc6)cc45)cc23)c1. The van der Waals surface area contributed by atoms with Crippen LogP contribution >= 0.6 is 0 Å². The quantitative estimate of drug-likeness (QED) is 0.369. The third-order valence-electron chi connectivity index (χ3n) is 5.39. The molecule has 0 spiro atoms. The second-order valence-corrected chi connectivity index (χ2v) is 7.43. The van der Waals surface area contributed by atoms with E-state index in [-0.39, 0.29) is 5.75 Å². The third-order valence-corrected chi connectivity index (χ3v) is 5.39. The van der Waals surface area contributed by atoms with Gasteiger partial charge in [-0.15, -0.1) is 0 Å². The summed E-state index contributed by atoms with van der Waals surface area (Å²) in [5.41, 5.74) is 6.00. The van der Waals surface area contributed by atoms with Crippen molar-refractivity contribution in [3.05, 3.63) is 79.1 Å². The number of aromatic hydroxyl groups is 1. The number of aromatic nitrogens is 6. The monoisotopic (exact) mass is 422 g/mol. The van der Waals surface area contributed by atoms with Crippen LogP contribution in [-0.4, -0.2) is 35.2 Å². The molecule has 8 heteroatoms. The lowest BCUT2D eigenvalue weighted by atomic mass is 10.1. The predicted molar refractivity (Wildman–Crippen MR) is 119 cm³/mol. The maximum absolute atomic E-state index is 13.9. The number of fused-ring (bicyclic) bond motifs is 2. The van der Waals surface area contributed by atoms with Crippen LogP contribution in [0.1, 0.15) is 0 Å². The van der Waals surface area contributed by atoms with E-state index in [2.05, 4.69) is 30.1 Å². The minimum Gasteiger partial charge on any atom is -0.508 e. The van der Waals surface area contributed by atoms with E-state index in [9.17, 15) is 9.50 Å². The first-order valence-electron chi connectivity index (χ1n) is 9.88. The number of hydrogen-bond donors (Lipinski definition) is 3. The smallest absolute Gasteiger partial charge is 0.155 e. The van der Waals surface area contributed by atoms with Crippen LogP contribution in [0.15, 0.2) is 73.3 Å². The standard InChI is InChI=1S/C24H15FN6O/c25-16-7-14(8-17(32)10-16)22-18-11-21(29-20(18)3-6-27-22)23-19-9-15(12-28-24(19)31-30-23)13-1-4-26-5-2-13/h1-12,29,32H,(H,28,30,31). The predicted octanol–water partition coefficient (Wildman–Crippen LogP) is 5.07. The Hall–Kier alpha value is -4.59. The summed E-state index contributed by atoms with van der Waals surface area (Å²) in [6, 6.07) is 13.6. The number of pyridine rings is 3. The van der Waals surface area contributed by atoms with E-state index in [1.54, 1.807) is 24.8 Å². The number of rotatable bonds is 3. The number of phenols is 1. The zero-order chi connectivity index (χ0) is 21.7. The minimum absolute atomic E-state index is 0.150. The van der Waals surface area contributed by atoms with Crippen LogP contribution in [0.5, 0.6) is 5.75 Å². The molecule has 0 fully saturated rings. The van der Waals surface area contributed by atoms with Crippen molar-refractivity contribution < 1.29 is 9.50 Å². The normalized spacial score (nSPS) is 11.4. The molecule has 7 nitrogen and oxygen atoms in total. The van der Waals surface area contributed by atoms with E-state index < -0.39 is 5.82 Å². The minimum atomic E-state index is -0.525. The summed E-state index contributed by atoms with van der Waals surface area (Å²) in [7, 11) is 0.